The maximum atomic E-state index is 10.4. The zero-order chi connectivity index (χ0) is 33.1. The molecule has 8 heteroatoms. The number of hydrogen-bond donors (Lipinski definition) is 6. The van der Waals surface area contributed by atoms with Crippen LogP contribution in [0.5, 0.6) is 11.5 Å². The first-order valence-electron chi connectivity index (χ1n) is 16.7. The van der Waals surface area contributed by atoms with Crippen LogP contribution in [-0.2, 0) is 19.5 Å². The minimum Gasteiger partial charge on any atom is -0.491 e. The fourth-order valence-corrected chi connectivity index (χ4v) is 5.01. The van der Waals surface area contributed by atoms with Crippen LogP contribution in [0.3, 0.4) is 0 Å². The third-order valence-corrected chi connectivity index (χ3v) is 7.79. The van der Waals surface area contributed by atoms with Crippen molar-refractivity contribution < 1.29 is 19.7 Å². The maximum absolute atomic E-state index is 10.4. The summed E-state index contributed by atoms with van der Waals surface area (Å²) in [5.74, 6) is 1.47. The van der Waals surface area contributed by atoms with Gasteiger partial charge in [-0.15, -0.1) is 0 Å². The molecule has 0 aliphatic heterocycles. The molecule has 0 bridgehead atoms. The molecule has 4 aromatic carbocycles. The van der Waals surface area contributed by atoms with Gasteiger partial charge in [0, 0.05) is 51.4 Å². The van der Waals surface area contributed by atoms with Gasteiger partial charge in [-0.1, -0.05) is 84.9 Å². The average molecular weight is 641 g/mol. The van der Waals surface area contributed by atoms with Gasteiger partial charge in [-0.2, -0.15) is 0 Å². The van der Waals surface area contributed by atoms with Crippen LogP contribution in [0.15, 0.2) is 109 Å². The highest BCUT2D eigenvalue weighted by atomic mass is 16.5. The Bertz CT molecular complexity index is 1370. The molecule has 0 aliphatic carbocycles. The van der Waals surface area contributed by atoms with E-state index in [2.05, 4.69) is 59.4 Å². The standard InChI is InChI=1S/C39H52N4O4/c1-30(42-25-35-11-7-4-8-12-35)23-41-26-36(44)28-46-38-17-13-32(14-18-38)21-33-15-19-39(20-16-33)47-29-37(45)27-43-31(2)22-40-24-34-9-5-3-6-10-34/h3-20,30-31,36-37,40-45H,21-29H2,1-2H3. The van der Waals surface area contributed by atoms with Gasteiger partial charge in [-0.25, -0.2) is 0 Å². The third-order valence-electron chi connectivity index (χ3n) is 7.79. The van der Waals surface area contributed by atoms with Crippen molar-refractivity contribution in [3.8, 4) is 11.5 Å². The molecule has 0 radical (unpaired) electrons. The lowest BCUT2D eigenvalue weighted by Crippen LogP contribution is -2.41. The normalized spacial score (nSPS) is 13.9. The van der Waals surface area contributed by atoms with Crippen LogP contribution in [0.1, 0.15) is 36.1 Å². The Morgan fingerprint density at radius 1 is 0.489 bits per heavy atom. The van der Waals surface area contributed by atoms with E-state index < -0.39 is 12.2 Å². The number of aliphatic hydroxyl groups is 2. The average Bonchev–Trinajstić information content (AvgIpc) is 3.10. The highest BCUT2D eigenvalue weighted by Crippen LogP contribution is 2.18. The summed E-state index contributed by atoms with van der Waals surface area (Å²) >= 11 is 0. The Balaban J connectivity index is 1.05. The number of nitrogens with one attached hydrogen (secondary N) is 4. The van der Waals surface area contributed by atoms with Gasteiger partial charge < -0.3 is 41.0 Å². The lowest BCUT2D eigenvalue weighted by molar-refractivity contribution is 0.104. The van der Waals surface area contributed by atoms with E-state index >= 15 is 0 Å². The van der Waals surface area contributed by atoms with Gasteiger partial charge in [0.1, 0.15) is 36.9 Å². The Hall–Kier alpha value is -3.76. The van der Waals surface area contributed by atoms with E-state index in [0.717, 1.165) is 44.1 Å². The summed E-state index contributed by atoms with van der Waals surface area (Å²) in [6, 6.07) is 37.1. The van der Waals surface area contributed by atoms with Crippen molar-refractivity contribution in [1.29, 1.82) is 0 Å². The van der Waals surface area contributed by atoms with Gasteiger partial charge >= 0.3 is 0 Å². The largest absolute Gasteiger partial charge is 0.491 e. The van der Waals surface area contributed by atoms with Crippen LogP contribution in [-0.4, -0.2) is 73.9 Å². The smallest absolute Gasteiger partial charge is 0.119 e. The molecule has 0 aromatic heterocycles. The second-order valence-electron chi connectivity index (χ2n) is 12.2. The highest BCUT2D eigenvalue weighted by Gasteiger charge is 2.10. The van der Waals surface area contributed by atoms with Crippen molar-refractivity contribution in [2.24, 2.45) is 0 Å². The molecule has 47 heavy (non-hydrogen) atoms. The minimum atomic E-state index is -0.597. The molecule has 4 aromatic rings. The molecule has 0 aliphatic rings. The summed E-state index contributed by atoms with van der Waals surface area (Å²) in [6.07, 6.45) is -0.405. The van der Waals surface area contributed by atoms with Gasteiger partial charge in [-0.3, -0.25) is 0 Å². The lowest BCUT2D eigenvalue weighted by atomic mass is 10.0. The molecule has 252 valence electrons. The summed E-state index contributed by atoms with van der Waals surface area (Å²) in [6.45, 7) is 8.85. The van der Waals surface area contributed by atoms with Gasteiger partial charge in [0.25, 0.3) is 0 Å². The van der Waals surface area contributed by atoms with Crippen molar-refractivity contribution in [3.63, 3.8) is 0 Å². The van der Waals surface area contributed by atoms with Gasteiger partial charge in [0.05, 0.1) is 0 Å². The fraction of sp³-hybridized carbons (Fsp3) is 0.385. The molecule has 8 nitrogen and oxygen atoms in total. The number of aliphatic hydroxyl groups excluding tert-OH is 2. The van der Waals surface area contributed by atoms with Crippen LogP contribution in [0.2, 0.25) is 0 Å². The molecule has 0 spiro atoms. The van der Waals surface area contributed by atoms with Crippen molar-refractivity contribution in [1.82, 2.24) is 21.3 Å². The molecular formula is C39H52N4O4. The topological polar surface area (TPSA) is 107 Å². The molecular weight excluding hydrogens is 588 g/mol. The van der Waals surface area contributed by atoms with E-state index in [0.29, 0.717) is 13.1 Å². The van der Waals surface area contributed by atoms with Crippen LogP contribution < -0.4 is 30.7 Å². The summed E-state index contributed by atoms with van der Waals surface area (Å²) in [5, 5.41) is 34.3. The Morgan fingerprint density at radius 3 is 1.51 bits per heavy atom. The molecule has 4 unspecified atom stereocenters. The van der Waals surface area contributed by atoms with Crippen LogP contribution in [0, 0.1) is 0 Å². The van der Waals surface area contributed by atoms with Gasteiger partial charge in [0.15, 0.2) is 0 Å². The fourth-order valence-electron chi connectivity index (χ4n) is 5.01. The molecule has 4 rings (SSSR count). The van der Waals surface area contributed by atoms with Crippen molar-refractivity contribution >= 4 is 0 Å². The van der Waals surface area contributed by atoms with E-state index in [1.54, 1.807) is 0 Å². The molecule has 4 atom stereocenters. The van der Waals surface area contributed by atoms with E-state index in [-0.39, 0.29) is 25.3 Å². The summed E-state index contributed by atoms with van der Waals surface area (Å²) in [7, 11) is 0. The van der Waals surface area contributed by atoms with Crippen LogP contribution in [0.25, 0.3) is 0 Å². The predicted octanol–water partition coefficient (Wildman–Crippen LogP) is 4.29. The van der Waals surface area contributed by atoms with Crippen LogP contribution >= 0.6 is 0 Å². The Kier molecular flexibility index (Phi) is 15.7. The first kappa shape index (κ1) is 36.1. The number of rotatable bonds is 22. The molecule has 0 saturated carbocycles. The van der Waals surface area contributed by atoms with Crippen molar-refractivity contribution in [3.05, 3.63) is 131 Å². The first-order chi connectivity index (χ1) is 22.9. The molecule has 0 heterocycles. The number of hydrogen-bond acceptors (Lipinski definition) is 8. The Morgan fingerprint density at radius 2 is 0.957 bits per heavy atom. The quantitative estimate of drug-likeness (QED) is 0.0756. The second kappa shape index (κ2) is 20.5. The van der Waals surface area contributed by atoms with Crippen molar-refractivity contribution in [2.45, 2.75) is 57.6 Å². The number of ether oxygens (including phenoxy) is 2. The molecule has 6 N–H and O–H groups in total. The predicted molar refractivity (Wildman–Crippen MR) is 190 cm³/mol. The van der Waals surface area contributed by atoms with E-state index in [1.807, 2.05) is 84.9 Å². The number of benzene rings is 4. The lowest BCUT2D eigenvalue weighted by Gasteiger charge is -2.18. The Labute approximate surface area is 280 Å². The van der Waals surface area contributed by atoms with E-state index in [4.69, 9.17) is 9.47 Å². The minimum absolute atomic E-state index is 0.230. The molecule has 0 saturated heterocycles. The summed E-state index contributed by atoms with van der Waals surface area (Å²) in [5.41, 5.74) is 4.85. The highest BCUT2D eigenvalue weighted by molar-refractivity contribution is 5.34. The zero-order valence-corrected chi connectivity index (χ0v) is 27.8. The summed E-state index contributed by atoms with van der Waals surface area (Å²) < 4.78 is 11.6. The SMILES string of the molecule is CC(CNCC(O)COc1ccc(Cc2ccc(OCC(O)CNC(C)CNCc3ccccc3)cc2)cc1)NCc1ccccc1. The van der Waals surface area contributed by atoms with Crippen molar-refractivity contribution in [2.75, 3.05) is 39.4 Å². The van der Waals surface area contributed by atoms with Gasteiger partial charge in [-0.05, 0) is 66.8 Å². The van der Waals surface area contributed by atoms with Crippen LogP contribution in [0.4, 0.5) is 0 Å². The molecule has 0 fully saturated rings. The van der Waals surface area contributed by atoms with Gasteiger partial charge in [0.2, 0.25) is 0 Å². The third kappa shape index (κ3) is 14.7. The maximum Gasteiger partial charge on any atom is 0.119 e. The summed E-state index contributed by atoms with van der Waals surface area (Å²) in [4.78, 5) is 0. The monoisotopic (exact) mass is 640 g/mol. The first-order valence-corrected chi connectivity index (χ1v) is 16.7. The van der Waals surface area contributed by atoms with E-state index in [1.165, 1.54) is 22.3 Å². The molecule has 0 amide bonds. The zero-order valence-electron chi connectivity index (χ0n) is 27.8. The second-order valence-corrected chi connectivity index (χ2v) is 12.2. The van der Waals surface area contributed by atoms with E-state index in [9.17, 15) is 10.2 Å².